The zero-order valence-corrected chi connectivity index (χ0v) is 9.00. The fraction of sp³-hybridized carbons (Fsp3) is 0.900. The number of hydrogen-bond acceptors (Lipinski definition) is 3. The van der Waals surface area contributed by atoms with Crippen LogP contribution in [0.5, 0.6) is 0 Å². The summed E-state index contributed by atoms with van der Waals surface area (Å²) in [5, 5.41) is 0. The fourth-order valence-corrected chi connectivity index (χ4v) is 0.943. The average molecular weight is 188 g/mol. The van der Waals surface area contributed by atoms with Gasteiger partial charge in [-0.1, -0.05) is 13.8 Å². The second-order valence-electron chi connectivity index (χ2n) is 3.25. The average Bonchev–Trinajstić information content (AvgIpc) is 2.09. The minimum atomic E-state index is -0.397. The van der Waals surface area contributed by atoms with Crippen LogP contribution in [0.3, 0.4) is 0 Å². The molecule has 0 aliphatic rings. The van der Waals surface area contributed by atoms with Gasteiger partial charge in [-0.05, 0) is 26.7 Å². The van der Waals surface area contributed by atoms with E-state index >= 15 is 0 Å². The Morgan fingerprint density at radius 2 is 1.92 bits per heavy atom. The first-order valence-electron chi connectivity index (χ1n) is 4.93. The smallest absolute Gasteiger partial charge is 0.335 e. The second-order valence-corrected chi connectivity index (χ2v) is 3.25. The van der Waals surface area contributed by atoms with Gasteiger partial charge in [-0.3, -0.25) is 0 Å². The molecule has 13 heavy (non-hydrogen) atoms. The largest absolute Gasteiger partial charge is 0.464 e. The minimum absolute atomic E-state index is 0.0686. The first-order valence-corrected chi connectivity index (χ1v) is 4.93. The van der Waals surface area contributed by atoms with E-state index in [0.29, 0.717) is 13.0 Å². The van der Waals surface area contributed by atoms with Crippen molar-refractivity contribution < 1.29 is 14.3 Å². The van der Waals surface area contributed by atoms with Gasteiger partial charge in [-0.2, -0.15) is 0 Å². The van der Waals surface area contributed by atoms with Crippen molar-refractivity contribution in [1.82, 2.24) is 0 Å². The van der Waals surface area contributed by atoms with Gasteiger partial charge in [-0.25, -0.2) is 4.79 Å². The van der Waals surface area contributed by atoms with Crippen molar-refractivity contribution in [3.63, 3.8) is 0 Å². The van der Waals surface area contributed by atoms with Crippen LogP contribution in [0.25, 0.3) is 0 Å². The van der Waals surface area contributed by atoms with Gasteiger partial charge >= 0.3 is 5.97 Å². The van der Waals surface area contributed by atoms with E-state index in [4.69, 9.17) is 9.47 Å². The lowest BCUT2D eigenvalue weighted by atomic mass is 10.2. The maximum absolute atomic E-state index is 11.3. The molecule has 0 aromatic heterocycles. The predicted molar refractivity (Wildman–Crippen MR) is 51.6 cm³/mol. The van der Waals surface area contributed by atoms with Crippen LogP contribution in [-0.4, -0.2) is 24.8 Å². The third-order valence-corrected chi connectivity index (χ3v) is 1.52. The highest BCUT2D eigenvalue weighted by atomic mass is 16.6. The Kier molecular flexibility index (Phi) is 6.59. The molecule has 0 saturated heterocycles. The Labute approximate surface area is 80.4 Å². The van der Waals surface area contributed by atoms with Crippen molar-refractivity contribution in [1.29, 1.82) is 0 Å². The van der Waals surface area contributed by atoms with Crippen molar-refractivity contribution in [3.8, 4) is 0 Å². The molecule has 0 bridgehead atoms. The van der Waals surface area contributed by atoms with Crippen molar-refractivity contribution in [2.75, 3.05) is 6.61 Å². The quantitative estimate of drug-likeness (QED) is 0.599. The summed E-state index contributed by atoms with van der Waals surface area (Å²) in [4.78, 5) is 11.3. The number of ether oxygens (including phenoxy) is 2. The van der Waals surface area contributed by atoms with Crippen LogP contribution < -0.4 is 0 Å². The highest BCUT2D eigenvalue weighted by Crippen LogP contribution is 2.04. The van der Waals surface area contributed by atoms with E-state index in [9.17, 15) is 4.79 Å². The molecular weight excluding hydrogens is 168 g/mol. The van der Waals surface area contributed by atoms with Gasteiger partial charge in [0.15, 0.2) is 6.10 Å². The van der Waals surface area contributed by atoms with E-state index in [-0.39, 0.29) is 12.1 Å². The molecule has 0 aliphatic carbocycles. The lowest BCUT2D eigenvalue weighted by Crippen LogP contribution is -2.28. The van der Waals surface area contributed by atoms with E-state index in [2.05, 4.69) is 0 Å². The van der Waals surface area contributed by atoms with Gasteiger partial charge in [0.2, 0.25) is 0 Å². The minimum Gasteiger partial charge on any atom is -0.464 e. The Morgan fingerprint density at radius 3 is 2.31 bits per heavy atom. The molecular formula is C10H20O3. The lowest BCUT2D eigenvalue weighted by Gasteiger charge is -2.17. The normalized spacial score (nSPS) is 13.0. The Morgan fingerprint density at radius 1 is 1.31 bits per heavy atom. The summed E-state index contributed by atoms with van der Waals surface area (Å²) < 4.78 is 10.4. The summed E-state index contributed by atoms with van der Waals surface area (Å²) in [6.45, 7) is 8.19. The zero-order valence-electron chi connectivity index (χ0n) is 9.00. The predicted octanol–water partition coefficient (Wildman–Crippen LogP) is 2.14. The van der Waals surface area contributed by atoms with Crippen LogP contribution in [0.15, 0.2) is 0 Å². The van der Waals surface area contributed by atoms with Gasteiger partial charge in [-0.15, -0.1) is 0 Å². The van der Waals surface area contributed by atoms with E-state index in [0.717, 1.165) is 6.42 Å². The molecule has 3 nitrogen and oxygen atoms in total. The van der Waals surface area contributed by atoms with Crippen molar-refractivity contribution >= 4 is 5.97 Å². The third kappa shape index (κ3) is 5.64. The summed E-state index contributed by atoms with van der Waals surface area (Å²) >= 11 is 0. The number of carbonyl (C=O) groups is 1. The number of rotatable bonds is 6. The monoisotopic (exact) mass is 188 g/mol. The number of carbonyl (C=O) groups excluding carboxylic acids is 1. The van der Waals surface area contributed by atoms with Gasteiger partial charge < -0.3 is 9.47 Å². The lowest BCUT2D eigenvalue weighted by molar-refractivity contribution is -0.160. The molecule has 78 valence electrons. The summed E-state index contributed by atoms with van der Waals surface area (Å²) in [7, 11) is 0. The number of hydrogen-bond donors (Lipinski definition) is 0. The van der Waals surface area contributed by atoms with Crippen LogP contribution in [-0.2, 0) is 14.3 Å². The second kappa shape index (κ2) is 6.89. The third-order valence-electron chi connectivity index (χ3n) is 1.52. The van der Waals surface area contributed by atoms with Crippen molar-refractivity contribution in [2.24, 2.45) is 0 Å². The fourth-order valence-electron chi connectivity index (χ4n) is 0.943. The van der Waals surface area contributed by atoms with Gasteiger partial charge in [0.05, 0.1) is 12.7 Å². The zero-order chi connectivity index (χ0) is 10.3. The highest BCUT2D eigenvalue weighted by Gasteiger charge is 2.19. The van der Waals surface area contributed by atoms with Gasteiger partial charge in [0.1, 0.15) is 0 Å². The summed E-state index contributed by atoms with van der Waals surface area (Å²) in [6.07, 6.45) is 1.19. The highest BCUT2D eigenvalue weighted by molar-refractivity contribution is 5.74. The molecule has 0 N–H and O–H groups in total. The first kappa shape index (κ1) is 12.4. The molecule has 0 amide bonds. The van der Waals surface area contributed by atoms with E-state index < -0.39 is 6.10 Å². The van der Waals surface area contributed by atoms with E-state index in [1.807, 2.05) is 27.7 Å². The maximum atomic E-state index is 11.3. The van der Waals surface area contributed by atoms with Gasteiger partial charge in [0, 0.05) is 0 Å². The SMILES string of the molecule is CCCOC(=O)C(CC)OC(C)C. The molecule has 0 spiro atoms. The molecule has 0 aromatic rings. The summed E-state index contributed by atoms with van der Waals surface area (Å²) in [5.74, 6) is -0.238. The number of esters is 1. The molecule has 0 aliphatic heterocycles. The summed E-state index contributed by atoms with van der Waals surface area (Å²) in [6, 6.07) is 0. The molecule has 0 radical (unpaired) electrons. The molecule has 0 aromatic carbocycles. The van der Waals surface area contributed by atoms with Crippen LogP contribution >= 0.6 is 0 Å². The first-order chi connectivity index (χ1) is 6.11. The molecule has 0 fully saturated rings. The Balaban J connectivity index is 3.85. The van der Waals surface area contributed by atoms with E-state index in [1.54, 1.807) is 0 Å². The topological polar surface area (TPSA) is 35.5 Å². The standard InChI is InChI=1S/C10H20O3/c1-5-7-12-10(11)9(6-2)13-8(3)4/h8-9H,5-7H2,1-4H3. The summed E-state index contributed by atoms with van der Waals surface area (Å²) in [5.41, 5.74) is 0. The Hall–Kier alpha value is -0.570. The molecule has 1 unspecified atom stereocenters. The van der Waals surface area contributed by atoms with Crippen molar-refractivity contribution in [3.05, 3.63) is 0 Å². The van der Waals surface area contributed by atoms with Crippen LogP contribution in [0.2, 0.25) is 0 Å². The van der Waals surface area contributed by atoms with Crippen LogP contribution in [0.1, 0.15) is 40.5 Å². The molecule has 3 heteroatoms. The van der Waals surface area contributed by atoms with Crippen LogP contribution in [0, 0.1) is 0 Å². The molecule has 0 saturated carbocycles. The van der Waals surface area contributed by atoms with Crippen molar-refractivity contribution in [2.45, 2.75) is 52.7 Å². The maximum Gasteiger partial charge on any atom is 0.335 e. The van der Waals surface area contributed by atoms with Gasteiger partial charge in [0.25, 0.3) is 0 Å². The Bertz CT molecular complexity index is 143. The molecule has 1 atom stereocenters. The van der Waals surface area contributed by atoms with E-state index in [1.165, 1.54) is 0 Å². The molecule has 0 rings (SSSR count). The van der Waals surface area contributed by atoms with Crippen LogP contribution in [0.4, 0.5) is 0 Å². The molecule has 0 heterocycles.